The van der Waals surface area contributed by atoms with E-state index in [4.69, 9.17) is 19.0 Å². The normalized spacial score (nSPS) is 12.7. The Balaban J connectivity index is 1.37. The average Bonchev–Trinajstić information content (AvgIpc) is 3.20. The Morgan fingerprint density at radius 2 is 1.81 bits per heavy atom. The summed E-state index contributed by atoms with van der Waals surface area (Å²) in [6.07, 6.45) is 1.81. The standard InChI is InChI=1S/C23H22N4O4/c1-14(2)30-16-3-5-19-18(12-16)23(26-25-19)15-7-8-24-22(11-15)27-31-17-4-6-20-21(13-17)29-10-9-28-20/h3-8,11-14H,9-10H2,1-2H3,(H,24,27)(H,25,26). The Labute approximate surface area is 179 Å². The van der Waals surface area contributed by atoms with Crippen molar-refractivity contribution in [1.29, 1.82) is 0 Å². The molecule has 2 aromatic carbocycles. The van der Waals surface area contributed by atoms with Crippen molar-refractivity contribution >= 4 is 16.7 Å². The number of hydrogen-bond acceptors (Lipinski definition) is 7. The van der Waals surface area contributed by atoms with Crippen LogP contribution in [-0.2, 0) is 0 Å². The van der Waals surface area contributed by atoms with Crippen LogP contribution in [-0.4, -0.2) is 34.5 Å². The molecule has 0 saturated heterocycles. The quantitative estimate of drug-likeness (QED) is 0.443. The van der Waals surface area contributed by atoms with Gasteiger partial charge in [0.2, 0.25) is 0 Å². The predicted octanol–water partition coefficient (Wildman–Crippen LogP) is 4.59. The van der Waals surface area contributed by atoms with Gasteiger partial charge >= 0.3 is 0 Å². The summed E-state index contributed by atoms with van der Waals surface area (Å²) < 4.78 is 16.9. The molecule has 1 aliphatic rings. The molecule has 1 aliphatic heterocycles. The van der Waals surface area contributed by atoms with Gasteiger partial charge in [0, 0.05) is 23.2 Å². The number of rotatable bonds is 6. The molecule has 0 aliphatic carbocycles. The van der Waals surface area contributed by atoms with Gasteiger partial charge in [0.25, 0.3) is 0 Å². The Morgan fingerprint density at radius 1 is 0.968 bits per heavy atom. The van der Waals surface area contributed by atoms with Gasteiger partial charge in [0.1, 0.15) is 24.7 Å². The average molecular weight is 418 g/mol. The fourth-order valence-corrected chi connectivity index (χ4v) is 3.39. The first-order valence-corrected chi connectivity index (χ1v) is 10.1. The fraction of sp³-hybridized carbons (Fsp3) is 0.217. The van der Waals surface area contributed by atoms with Crippen LogP contribution in [0.1, 0.15) is 13.8 Å². The molecule has 8 nitrogen and oxygen atoms in total. The Bertz CT molecular complexity index is 1220. The topological polar surface area (TPSA) is 90.5 Å². The first-order valence-electron chi connectivity index (χ1n) is 10.1. The number of fused-ring (bicyclic) bond motifs is 2. The van der Waals surface area contributed by atoms with Crippen molar-refractivity contribution in [2.45, 2.75) is 20.0 Å². The Morgan fingerprint density at radius 3 is 2.68 bits per heavy atom. The Kier molecular flexibility index (Phi) is 4.95. The summed E-state index contributed by atoms with van der Waals surface area (Å²) >= 11 is 0. The number of H-pyrrole nitrogens is 1. The zero-order chi connectivity index (χ0) is 21.2. The number of benzene rings is 2. The van der Waals surface area contributed by atoms with Gasteiger partial charge in [-0.25, -0.2) is 10.5 Å². The van der Waals surface area contributed by atoms with E-state index in [-0.39, 0.29) is 6.10 Å². The van der Waals surface area contributed by atoms with E-state index in [0.29, 0.717) is 36.3 Å². The molecule has 0 unspecified atom stereocenters. The third kappa shape index (κ3) is 4.05. The van der Waals surface area contributed by atoms with E-state index < -0.39 is 0 Å². The number of aromatic nitrogens is 3. The SMILES string of the molecule is CC(C)Oc1ccc2[nH]nc(-c3ccnc(NOc4ccc5c(c4)OCCO5)c3)c2c1. The minimum Gasteiger partial charge on any atom is -0.491 e. The van der Waals surface area contributed by atoms with Gasteiger partial charge in [0.15, 0.2) is 23.1 Å². The minimum absolute atomic E-state index is 0.0993. The second-order valence-corrected chi connectivity index (χ2v) is 7.39. The van der Waals surface area contributed by atoms with Crippen LogP contribution >= 0.6 is 0 Å². The first-order chi connectivity index (χ1) is 15.2. The molecule has 31 heavy (non-hydrogen) atoms. The molecule has 0 saturated carbocycles. The summed E-state index contributed by atoms with van der Waals surface area (Å²) in [6, 6.07) is 15.1. The highest BCUT2D eigenvalue weighted by atomic mass is 16.6. The molecule has 0 bridgehead atoms. The van der Waals surface area contributed by atoms with Gasteiger partial charge in [-0.1, -0.05) is 0 Å². The van der Waals surface area contributed by atoms with Crippen molar-refractivity contribution < 1.29 is 19.0 Å². The van der Waals surface area contributed by atoms with Gasteiger partial charge in [0.05, 0.1) is 11.6 Å². The summed E-state index contributed by atoms with van der Waals surface area (Å²) in [5.74, 6) is 3.33. The third-order valence-corrected chi connectivity index (χ3v) is 4.73. The molecule has 0 spiro atoms. The van der Waals surface area contributed by atoms with Gasteiger partial charge in [-0.05, 0) is 56.3 Å². The highest BCUT2D eigenvalue weighted by Gasteiger charge is 2.14. The van der Waals surface area contributed by atoms with Gasteiger partial charge < -0.3 is 19.0 Å². The zero-order valence-corrected chi connectivity index (χ0v) is 17.2. The molecule has 0 fully saturated rings. The van der Waals surface area contributed by atoms with E-state index in [1.54, 1.807) is 12.3 Å². The highest BCUT2D eigenvalue weighted by Crippen LogP contribution is 2.34. The van der Waals surface area contributed by atoms with Crippen molar-refractivity contribution in [3.05, 3.63) is 54.7 Å². The maximum Gasteiger partial charge on any atom is 0.165 e. The van der Waals surface area contributed by atoms with Crippen LogP contribution in [0.2, 0.25) is 0 Å². The van der Waals surface area contributed by atoms with Crippen molar-refractivity contribution in [3.8, 4) is 34.3 Å². The number of hydrogen-bond donors (Lipinski definition) is 2. The molecular formula is C23H22N4O4. The van der Waals surface area contributed by atoms with Gasteiger partial charge in [-0.3, -0.25) is 5.10 Å². The van der Waals surface area contributed by atoms with Crippen molar-refractivity contribution in [1.82, 2.24) is 15.2 Å². The van der Waals surface area contributed by atoms with Gasteiger partial charge in [-0.2, -0.15) is 5.10 Å². The van der Waals surface area contributed by atoms with Crippen LogP contribution in [0.3, 0.4) is 0 Å². The van der Waals surface area contributed by atoms with Crippen molar-refractivity contribution in [3.63, 3.8) is 0 Å². The predicted molar refractivity (Wildman–Crippen MR) is 117 cm³/mol. The summed E-state index contributed by atoms with van der Waals surface area (Å²) in [4.78, 5) is 10.0. The lowest BCUT2D eigenvalue weighted by atomic mass is 10.1. The van der Waals surface area contributed by atoms with Crippen molar-refractivity contribution in [2.75, 3.05) is 18.7 Å². The number of aromatic amines is 1. The molecule has 8 heteroatoms. The smallest absolute Gasteiger partial charge is 0.165 e. The number of pyridine rings is 1. The van der Waals surface area contributed by atoms with E-state index in [9.17, 15) is 0 Å². The lowest BCUT2D eigenvalue weighted by Gasteiger charge is -2.18. The second-order valence-electron chi connectivity index (χ2n) is 7.39. The molecule has 2 N–H and O–H groups in total. The Hall–Kier alpha value is -3.94. The summed E-state index contributed by atoms with van der Waals surface area (Å²) in [5.41, 5.74) is 5.53. The molecule has 2 aromatic heterocycles. The van der Waals surface area contributed by atoms with Crippen LogP contribution in [0.15, 0.2) is 54.7 Å². The fourth-order valence-electron chi connectivity index (χ4n) is 3.39. The minimum atomic E-state index is 0.0993. The molecule has 5 rings (SSSR count). The van der Waals surface area contributed by atoms with Crippen LogP contribution in [0.5, 0.6) is 23.0 Å². The third-order valence-electron chi connectivity index (χ3n) is 4.73. The molecular weight excluding hydrogens is 396 g/mol. The first kappa shape index (κ1) is 19.0. The van der Waals surface area contributed by atoms with E-state index in [2.05, 4.69) is 20.7 Å². The number of anilines is 1. The van der Waals surface area contributed by atoms with Crippen LogP contribution in [0.25, 0.3) is 22.2 Å². The zero-order valence-electron chi connectivity index (χ0n) is 17.2. The van der Waals surface area contributed by atoms with Gasteiger partial charge in [-0.15, -0.1) is 0 Å². The number of nitrogens with zero attached hydrogens (tertiary/aromatic N) is 2. The van der Waals surface area contributed by atoms with Crippen molar-refractivity contribution in [2.24, 2.45) is 0 Å². The second kappa shape index (κ2) is 8.06. The van der Waals surface area contributed by atoms with E-state index in [1.807, 2.05) is 56.3 Å². The molecule has 0 radical (unpaired) electrons. The lowest BCUT2D eigenvalue weighted by Crippen LogP contribution is -2.15. The largest absolute Gasteiger partial charge is 0.491 e. The van der Waals surface area contributed by atoms with E-state index in [0.717, 1.165) is 27.9 Å². The molecule has 0 atom stereocenters. The molecule has 158 valence electrons. The maximum absolute atomic E-state index is 5.83. The lowest BCUT2D eigenvalue weighted by molar-refractivity contribution is 0.171. The number of ether oxygens (including phenoxy) is 3. The van der Waals surface area contributed by atoms with Crippen LogP contribution in [0, 0.1) is 0 Å². The maximum atomic E-state index is 5.83. The molecule has 0 amide bonds. The van der Waals surface area contributed by atoms with E-state index >= 15 is 0 Å². The van der Waals surface area contributed by atoms with Crippen LogP contribution in [0.4, 0.5) is 5.82 Å². The van der Waals surface area contributed by atoms with E-state index in [1.165, 1.54) is 0 Å². The molecule has 4 aromatic rings. The summed E-state index contributed by atoms with van der Waals surface area (Å²) in [6.45, 7) is 5.08. The summed E-state index contributed by atoms with van der Waals surface area (Å²) in [5, 5.41) is 8.53. The number of nitrogens with one attached hydrogen (secondary N) is 2. The molecule has 3 heterocycles. The van der Waals surface area contributed by atoms with Crippen LogP contribution < -0.4 is 24.5 Å². The summed E-state index contributed by atoms with van der Waals surface area (Å²) in [7, 11) is 0. The monoisotopic (exact) mass is 418 g/mol. The highest BCUT2D eigenvalue weighted by molar-refractivity contribution is 5.94.